The molecule has 0 aromatic heterocycles. The molecule has 4 nitrogen and oxygen atoms in total. The summed E-state index contributed by atoms with van der Waals surface area (Å²) in [5.74, 6) is 1.35. The zero-order valence-corrected chi connectivity index (χ0v) is 10.4. The van der Waals surface area contributed by atoms with Crippen molar-refractivity contribution in [2.45, 2.75) is 13.8 Å². The maximum Gasteiger partial charge on any atom is 0.145 e. The van der Waals surface area contributed by atoms with Gasteiger partial charge in [-0.1, -0.05) is 13.8 Å². The molecule has 0 heterocycles. The number of nitrogens with two attached hydrogens (primary N) is 1. The molecule has 1 aromatic rings. The Morgan fingerprint density at radius 2 is 1.81 bits per heavy atom. The van der Waals surface area contributed by atoms with Crippen LogP contribution in [0.25, 0.3) is 0 Å². The van der Waals surface area contributed by atoms with Gasteiger partial charge in [0.05, 0.1) is 19.4 Å². The summed E-state index contributed by atoms with van der Waals surface area (Å²) in [5.41, 5.74) is 6.25. The first-order valence-corrected chi connectivity index (χ1v) is 5.33. The van der Waals surface area contributed by atoms with E-state index in [0.717, 1.165) is 5.75 Å². The van der Waals surface area contributed by atoms with E-state index in [1.54, 1.807) is 32.4 Å². The Kier molecular flexibility index (Phi) is 8.07. The van der Waals surface area contributed by atoms with E-state index in [-0.39, 0.29) is 0 Å². The molecule has 0 amide bonds. The van der Waals surface area contributed by atoms with Gasteiger partial charge in [0, 0.05) is 13.2 Å². The van der Waals surface area contributed by atoms with Gasteiger partial charge in [0.25, 0.3) is 0 Å². The van der Waals surface area contributed by atoms with E-state index < -0.39 is 0 Å². The first-order chi connectivity index (χ1) is 7.77. The van der Waals surface area contributed by atoms with Crippen LogP contribution in [-0.2, 0) is 4.74 Å². The highest BCUT2D eigenvalue weighted by Crippen LogP contribution is 2.26. The molecule has 0 radical (unpaired) electrons. The van der Waals surface area contributed by atoms with E-state index in [1.165, 1.54) is 0 Å². The van der Waals surface area contributed by atoms with Crippen LogP contribution in [0.15, 0.2) is 18.2 Å². The topological polar surface area (TPSA) is 53.7 Å². The zero-order chi connectivity index (χ0) is 12.4. The lowest BCUT2D eigenvalue weighted by molar-refractivity contribution is 0.146. The number of rotatable bonds is 5. The predicted octanol–water partition coefficient (Wildman–Crippen LogP) is 2.33. The molecule has 0 unspecified atom stereocenters. The SMILES string of the molecule is CC.COCCOc1ccc(N)c(OC)c1. The maximum atomic E-state index is 5.65. The zero-order valence-electron chi connectivity index (χ0n) is 10.4. The third-order valence-corrected chi connectivity index (χ3v) is 1.76. The van der Waals surface area contributed by atoms with Crippen LogP contribution in [0.3, 0.4) is 0 Å². The van der Waals surface area contributed by atoms with Crippen LogP contribution < -0.4 is 15.2 Å². The smallest absolute Gasteiger partial charge is 0.145 e. The third kappa shape index (κ3) is 4.89. The average Bonchev–Trinajstić information content (AvgIpc) is 2.34. The highest BCUT2D eigenvalue weighted by molar-refractivity contribution is 5.55. The largest absolute Gasteiger partial charge is 0.494 e. The van der Waals surface area contributed by atoms with Gasteiger partial charge in [0.1, 0.15) is 18.1 Å². The standard InChI is InChI=1S/C10H15NO3.C2H6/c1-12-5-6-14-8-3-4-9(11)10(7-8)13-2;1-2/h3-4,7H,5-6,11H2,1-2H3;1-2H3. The molecule has 0 aliphatic rings. The Bertz CT molecular complexity index is 290. The van der Waals surface area contributed by atoms with Crippen LogP contribution in [0.2, 0.25) is 0 Å². The second-order valence-electron chi connectivity index (χ2n) is 2.75. The van der Waals surface area contributed by atoms with Gasteiger partial charge in [-0.3, -0.25) is 0 Å². The number of ether oxygens (including phenoxy) is 3. The molecule has 1 rings (SSSR count). The summed E-state index contributed by atoms with van der Waals surface area (Å²) in [5, 5.41) is 0. The lowest BCUT2D eigenvalue weighted by atomic mass is 10.3. The minimum atomic E-state index is 0.517. The van der Waals surface area contributed by atoms with E-state index >= 15 is 0 Å². The van der Waals surface area contributed by atoms with Gasteiger partial charge in [-0.2, -0.15) is 0 Å². The minimum Gasteiger partial charge on any atom is -0.494 e. The molecule has 2 N–H and O–H groups in total. The van der Waals surface area contributed by atoms with Crippen LogP contribution >= 0.6 is 0 Å². The molecule has 0 spiro atoms. The van der Waals surface area contributed by atoms with Crippen molar-refractivity contribution in [3.05, 3.63) is 18.2 Å². The van der Waals surface area contributed by atoms with Gasteiger partial charge < -0.3 is 19.9 Å². The van der Waals surface area contributed by atoms with Crippen LogP contribution in [0.5, 0.6) is 11.5 Å². The Hall–Kier alpha value is -1.42. The van der Waals surface area contributed by atoms with Gasteiger partial charge in [-0.05, 0) is 12.1 Å². The predicted molar refractivity (Wildman–Crippen MR) is 66.1 cm³/mol. The Labute approximate surface area is 97.3 Å². The highest BCUT2D eigenvalue weighted by atomic mass is 16.5. The second kappa shape index (κ2) is 8.85. The number of nitrogen functional groups attached to an aromatic ring is 1. The lowest BCUT2D eigenvalue weighted by Crippen LogP contribution is -2.04. The molecule has 0 saturated carbocycles. The number of benzene rings is 1. The Morgan fingerprint density at radius 1 is 1.12 bits per heavy atom. The summed E-state index contributed by atoms with van der Waals surface area (Å²) in [6.45, 7) is 5.08. The van der Waals surface area contributed by atoms with Gasteiger partial charge in [-0.15, -0.1) is 0 Å². The summed E-state index contributed by atoms with van der Waals surface area (Å²) in [6.07, 6.45) is 0. The highest BCUT2D eigenvalue weighted by Gasteiger charge is 2.01. The average molecular weight is 227 g/mol. The van der Waals surface area contributed by atoms with E-state index in [2.05, 4.69) is 0 Å². The summed E-state index contributed by atoms with van der Waals surface area (Å²) >= 11 is 0. The first-order valence-electron chi connectivity index (χ1n) is 5.33. The first kappa shape index (κ1) is 14.6. The molecule has 16 heavy (non-hydrogen) atoms. The van der Waals surface area contributed by atoms with Crippen LogP contribution in [0.1, 0.15) is 13.8 Å². The van der Waals surface area contributed by atoms with Crippen molar-refractivity contribution in [2.24, 2.45) is 0 Å². The monoisotopic (exact) mass is 227 g/mol. The molecule has 0 bridgehead atoms. The van der Waals surface area contributed by atoms with Gasteiger partial charge in [0.2, 0.25) is 0 Å². The third-order valence-electron chi connectivity index (χ3n) is 1.76. The van der Waals surface area contributed by atoms with Crippen molar-refractivity contribution in [1.29, 1.82) is 0 Å². The van der Waals surface area contributed by atoms with Crippen molar-refractivity contribution >= 4 is 5.69 Å². The second-order valence-corrected chi connectivity index (χ2v) is 2.75. The number of anilines is 1. The van der Waals surface area contributed by atoms with Crippen molar-refractivity contribution in [1.82, 2.24) is 0 Å². The van der Waals surface area contributed by atoms with Crippen molar-refractivity contribution < 1.29 is 14.2 Å². The maximum absolute atomic E-state index is 5.65. The summed E-state index contributed by atoms with van der Waals surface area (Å²) in [6, 6.07) is 5.31. The van der Waals surface area contributed by atoms with Crippen LogP contribution in [0, 0.1) is 0 Å². The summed E-state index contributed by atoms with van der Waals surface area (Å²) in [4.78, 5) is 0. The van der Waals surface area contributed by atoms with Crippen molar-refractivity contribution in [3.8, 4) is 11.5 Å². The van der Waals surface area contributed by atoms with E-state index in [4.69, 9.17) is 19.9 Å². The molecule has 0 fully saturated rings. The fourth-order valence-electron chi connectivity index (χ4n) is 1.02. The van der Waals surface area contributed by atoms with Gasteiger partial charge in [0.15, 0.2) is 0 Å². The molecule has 0 aliphatic heterocycles. The molecule has 1 aromatic carbocycles. The molecule has 0 aliphatic carbocycles. The number of hydrogen-bond donors (Lipinski definition) is 1. The molecule has 0 atom stereocenters. The molecular weight excluding hydrogens is 206 g/mol. The fourth-order valence-corrected chi connectivity index (χ4v) is 1.02. The van der Waals surface area contributed by atoms with E-state index in [1.807, 2.05) is 13.8 Å². The molecule has 0 saturated heterocycles. The molecule has 92 valence electrons. The molecule has 4 heteroatoms. The normalized spacial score (nSPS) is 9.00. The van der Waals surface area contributed by atoms with E-state index in [0.29, 0.717) is 24.7 Å². The van der Waals surface area contributed by atoms with Gasteiger partial charge in [-0.25, -0.2) is 0 Å². The van der Waals surface area contributed by atoms with Gasteiger partial charge >= 0.3 is 0 Å². The van der Waals surface area contributed by atoms with Crippen molar-refractivity contribution in [2.75, 3.05) is 33.2 Å². The van der Waals surface area contributed by atoms with Crippen molar-refractivity contribution in [3.63, 3.8) is 0 Å². The summed E-state index contributed by atoms with van der Waals surface area (Å²) < 4.78 is 15.3. The van der Waals surface area contributed by atoms with E-state index in [9.17, 15) is 0 Å². The molecular formula is C12H21NO3. The lowest BCUT2D eigenvalue weighted by Gasteiger charge is -2.08. The number of hydrogen-bond acceptors (Lipinski definition) is 4. The van der Waals surface area contributed by atoms with Crippen LogP contribution in [-0.4, -0.2) is 27.4 Å². The minimum absolute atomic E-state index is 0.517. The van der Waals surface area contributed by atoms with Crippen LogP contribution in [0.4, 0.5) is 5.69 Å². The summed E-state index contributed by atoms with van der Waals surface area (Å²) in [7, 11) is 3.21. The quantitative estimate of drug-likeness (QED) is 0.619. The fraction of sp³-hybridized carbons (Fsp3) is 0.500. The Morgan fingerprint density at radius 3 is 2.38 bits per heavy atom. The number of methoxy groups -OCH3 is 2. The Balaban J connectivity index is 0.00000106.